The van der Waals surface area contributed by atoms with Gasteiger partial charge in [0.25, 0.3) is 0 Å². The first-order valence-corrected chi connectivity index (χ1v) is 6.34. The zero-order valence-corrected chi connectivity index (χ0v) is 11.2. The largest absolute Gasteiger partial charge is 0.396 e. The number of carbonyl (C=O) groups excluding carboxylic acids is 1. The monoisotopic (exact) mass is 267 g/mol. The molecule has 18 heavy (non-hydrogen) atoms. The second-order valence-corrected chi connectivity index (χ2v) is 4.60. The van der Waals surface area contributed by atoms with Gasteiger partial charge in [-0.2, -0.15) is 0 Å². The van der Waals surface area contributed by atoms with Gasteiger partial charge in [-0.3, -0.25) is 4.79 Å². The van der Waals surface area contributed by atoms with Crippen molar-refractivity contribution in [1.82, 2.24) is 5.32 Å². The summed E-state index contributed by atoms with van der Waals surface area (Å²) in [7, 11) is 0. The molecule has 0 aliphatic heterocycles. The summed E-state index contributed by atoms with van der Waals surface area (Å²) in [5, 5.41) is 12.2. The molecule has 3 nitrogen and oxygen atoms in total. The minimum absolute atomic E-state index is 0.0690. The van der Waals surface area contributed by atoms with E-state index in [0.29, 0.717) is 11.4 Å². The summed E-state index contributed by atoms with van der Waals surface area (Å²) in [6.45, 7) is 2.07. The average Bonchev–Trinajstić information content (AvgIpc) is 2.35. The third-order valence-corrected chi connectivity index (χ3v) is 2.73. The van der Waals surface area contributed by atoms with Crippen molar-refractivity contribution in [3.05, 3.63) is 40.9 Å². The molecular weight excluding hydrogens is 250 g/mol. The smallest absolute Gasteiger partial charge is 0.244 e. The molecule has 1 rings (SSSR count). The van der Waals surface area contributed by atoms with Crippen molar-refractivity contribution in [3.8, 4) is 0 Å². The number of rotatable bonds is 6. The number of benzene rings is 1. The molecule has 4 heteroatoms. The van der Waals surface area contributed by atoms with Gasteiger partial charge in [-0.15, -0.1) is 0 Å². The standard InChI is InChI=1S/C14H18ClNO2/c1-11(3-2-10-17)16-14(18)9-6-12-4-7-13(15)8-5-12/h4-9,11,17H,2-3,10H2,1H3,(H,16,18)/b9-6+. The summed E-state index contributed by atoms with van der Waals surface area (Å²) in [5.74, 6) is -0.129. The van der Waals surface area contributed by atoms with Gasteiger partial charge in [-0.05, 0) is 43.5 Å². The van der Waals surface area contributed by atoms with Gasteiger partial charge in [0.15, 0.2) is 0 Å². The highest BCUT2D eigenvalue weighted by molar-refractivity contribution is 6.30. The van der Waals surface area contributed by atoms with Gasteiger partial charge in [0, 0.05) is 23.7 Å². The van der Waals surface area contributed by atoms with Crippen LogP contribution in [0, 0.1) is 0 Å². The van der Waals surface area contributed by atoms with Gasteiger partial charge < -0.3 is 10.4 Å². The van der Waals surface area contributed by atoms with Crippen LogP contribution in [0.3, 0.4) is 0 Å². The first-order valence-electron chi connectivity index (χ1n) is 5.97. The molecule has 0 spiro atoms. The average molecular weight is 268 g/mol. The van der Waals surface area contributed by atoms with Crippen LogP contribution in [0.15, 0.2) is 30.3 Å². The zero-order chi connectivity index (χ0) is 13.4. The molecule has 0 aliphatic rings. The summed E-state index contributed by atoms with van der Waals surface area (Å²) in [4.78, 5) is 11.6. The van der Waals surface area contributed by atoms with E-state index < -0.39 is 0 Å². The van der Waals surface area contributed by atoms with E-state index in [9.17, 15) is 4.79 Å². The third kappa shape index (κ3) is 5.84. The number of hydrogen-bond acceptors (Lipinski definition) is 2. The van der Waals surface area contributed by atoms with Crippen LogP contribution in [0.4, 0.5) is 0 Å². The Morgan fingerprint density at radius 3 is 2.72 bits per heavy atom. The molecule has 0 bridgehead atoms. The number of aliphatic hydroxyl groups is 1. The van der Waals surface area contributed by atoms with Crippen LogP contribution in [-0.4, -0.2) is 23.7 Å². The van der Waals surface area contributed by atoms with E-state index >= 15 is 0 Å². The fourth-order valence-corrected chi connectivity index (χ4v) is 1.63. The molecule has 0 radical (unpaired) electrons. The Bertz CT molecular complexity index is 401. The molecule has 1 aromatic carbocycles. The molecule has 0 saturated carbocycles. The third-order valence-electron chi connectivity index (χ3n) is 2.48. The molecule has 0 fully saturated rings. The number of halogens is 1. The van der Waals surface area contributed by atoms with Crippen molar-refractivity contribution in [3.63, 3.8) is 0 Å². The van der Waals surface area contributed by atoms with Crippen LogP contribution in [-0.2, 0) is 4.79 Å². The van der Waals surface area contributed by atoms with E-state index in [1.165, 1.54) is 6.08 Å². The Morgan fingerprint density at radius 2 is 2.11 bits per heavy atom. The Kier molecular flexibility index (Phi) is 6.47. The maximum absolute atomic E-state index is 11.6. The lowest BCUT2D eigenvalue weighted by molar-refractivity contribution is -0.117. The van der Waals surface area contributed by atoms with Crippen LogP contribution in [0.5, 0.6) is 0 Å². The van der Waals surface area contributed by atoms with E-state index in [0.717, 1.165) is 12.0 Å². The molecule has 0 aliphatic carbocycles. The Hall–Kier alpha value is -1.32. The van der Waals surface area contributed by atoms with Crippen molar-refractivity contribution in [2.75, 3.05) is 6.61 Å². The molecule has 0 heterocycles. The Morgan fingerprint density at radius 1 is 1.44 bits per heavy atom. The van der Waals surface area contributed by atoms with Crippen molar-refractivity contribution < 1.29 is 9.90 Å². The summed E-state index contributed by atoms with van der Waals surface area (Å²) < 4.78 is 0. The fourth-order valence-electron chi connectivity index (χ4n) is 1.51. The summed E-state index contributed by atoms with van der Waals surface area (Å²) >= 11 is 5.77. The van der Waals surface area contributed by atoms with Crippen LogP contribution < -0.4 is 5.32 Å². The SMILES string of the molecule is CC(CCCO)NC(=O)/C=C/c1ccc(Cl)cc1. The lowest BCUT2D eigenvalue weighted by atomic mass is 10.2. The van der Waals surface area contributed by atoms with Crippen LogP contribution in [0.2, 0.25) is 5.02 Å². The number of hydrogen-bond donors (Lipinski definition) is 2. The van der Waals surface area contributed by atoms with Crippen molar-refractivity contribution in [2.45, 2.75) is 25.8 Å². The van der Waals surface area contributed by atoms with E-state index in [4.69, 9.17) is 16.7 Å². The molecule has 1 aromatic rings. The van der Waals surface area contributed by atoms with E-state index in [1.54, 1.807) is 18.2 Å². The maximum Gasteiger partial charge on any atom is 0.244 e. The summed E-state index contributed by atoms with van der Waals surface area (Å²) in [6.07, 6.45) is 4.71. The second kappa shape index (κ2) is 7.90. The predicted molar refractivity (Wildman–Crippen MR) is 74.4 cm³/mol. The van der Waals surface area contributed by atoms with Gasteiger partial charge in [-0.25, -0.2) is 0 Å². The number of amides is 1. The molecule has 1 amide bonds. The van der Waals surface area contributed by atoms with E-state index in [2.05, 4.69) is 5.32 Å². The van der Waals surface area contributed by atoms with Crippen molar-refractivity contribution in [2.24, 2.45) is 0 Å². The molecular formula is C14H18ClNO2. The highest BCUT2D eigenvalue weighted by Crippen LogP contribution is 2.10. The quantitative estimate of drug-likeness (QED) is 0.779. The number of aliphatic hydroxyl groups excluding tert-OH is 1. The van der Waals surface area contributed by atoms with Gasteiger partial charge in [0.1, 0.15) is 0 Å². The van der Waals surface area contributed by atoms with Crippen molar-refractivity contribution in [1.29, 1.82) is 0 Å². The van der Waals surface area contributed by atoms with Crippen LogP contribution >= 0.6 is 11.6 Å². The lowest BCUT2D eigenvalue weighted by Crippen LogP contribution is -2.31. The normalized spacial score (nSPS) is 12.6. The first-order chi connectivity index (χ1) is 8.61. The highest BCUT2D eigenvalue weighted by Gasteiger charge is 2.03. The minimum atomic E-state index is -0.129. The van der Waals surface area contributed by atoms with Crippen LogP contribution in [0.1, 0.15) is 25.3 Å². The Labute approximate surface area is 112 Å². The van der Waals surface area contributed by atoms with E-state index in [1.807, 2.05) is 19.1 Å². The second-order valence-electron chi connectivity index (χ2n) is 4.16. The highest BCUT2D eigenvalue weighted by atomic mass is 35.5. The van der Waals surface area contributed by atoms with Crippen molar-refractivity contribution >= 4 is 23.6 Å². The van der Waals surface area contributed by atoms with Gasteiger partial charge >= 0.3 is 0 Å². The molecule has 0 saturated heterocycles. The molecule has 1 atom stereocenters. The summed E-state index contributed by atoms with van der Waals surface area (Å²) in [6, 6.07) is 7.33. The Balaban J connectivity index is 2.41. The molecule has 2 N–H and O–H groups in total. The lowest BCUT2D eigenvalue weighted by Gasteiger charge is -2.10. The molecule has 0 aromatic heterocycles. The van der Waals surface area contributed by atoms with E-state index in [-0.39, 0.29) is 18.6 Å². The topological polar surface area (TPSA) is 49.3 Å². The molecule has 98 valence electrons. The first kappa shape index (κ1) is 14.7. The fraction of sp³-hybridized carbons (Fsp3) is 0.357. The van der Waals surface area contributed by atoms with Gasteiger partial charge in [-0.1, -0.05) is 23.7 Å². The minimum Gasteiger partial charge on any atom is -0.396 e. The number of carbonyl (C=O) groups is 1. The van der Waals surface area contributed by atoms with Gasteiger partial charge in [0.05, 0.1) is 0 Å². The van der Waals surface area contributed by atoms with Crippen LogP contribution in [0.25, 0.3) is 6.08 Å². The zero-order valence-electron chi connectivity index (χ0n) is 10.4. The van der Waals surface area contributed by atoms with Gasteiger partial charge in [0.2, 0.25) is 5.91 Å². The molecule has 1 unspecified atom stereocenters. The summed E-state index contributed by atoms with van der Waals surface area (Å²) in [5.41, 5.74) is 0.928. The predicted octanol–water partition coefficient (Wildman–Crippen LogP) is 2.63. The number of nitrogens with one attached hydrogen (secondary N) is 1. The maximum atomic E-state index is 11.6.